The van der Waals surface area contributed by atoms with Gasteiger partial charge in [0.25, 0.3) is 0 Å². The minimum atomic E-state index is -0.442. The highest BCUT2D eigenvalue weighted by molar-refractivity contribution is 5.74. The molecule has 3 N–H and O–H groups in total. The first kappa shape index (κ1) is 16.4. The van der Waals surface area contributed by atoms with Gasteiger partial charge in [-0.15, -0.1) is 0 Å². The van der Waals surface area contributed by atoms with Crippen LogP contribution in [0.2, 0.25) is 0 Å². The van der Waals surface area contributed by atoms with E-state index in [1.165, 1.54) is 0 Å². The summed E-state index contributed by atoms with van der Waals surface area (Å²) in [7, 11) is 0. The normalized spacial score (nSPS) is 21.0. The van der Waals surface area contributed by atoms with E-state index < -0.39 is 6.10 Å². The molecule has 5 heteroatoms. The lowest BCUT2D eigenvalue weighted by atomic mass is 9.93. The van der Waals surface area contributed by atoms with Gasteiger partial charge < -0.3 is 20.5 Å². The third-order valence-corrected chi connectivity index (χ3v) is 3.81. The molecule has 2 atom stereocenters. The Morgan fingerprint density at radius 2 is 2.14 bits per heavy atom. The van der Waals surface area contributed by atoms with Crippen molar-refractivity contribution in [2.24, 2.45) is 0 Å². The highest BCUT2D eigenvalue weighted by atomic mass is 16.5. The molecule has 1 fully saturated rings. The highest BCUT2D eigenvalue weighted by Crippen LogP contribution is 2.19. The zero-order valence-corrected chi connectivity index (χ0v) is 12.8. The second-order valence-corrected chi connectivity index (χ2v) is 5.49. The summed E-state index contributed by atoms with van der Waals surface area (Å²) in [6, 6.07) is 7.16. The fourth-order valence-electron chi connectivity index (χ4n) is 2.61. The fourth-order valence-corrected chi connectivity index (χ4v) is 2.61. The summed E-state index contributed by atoms with van der Waals surface area (Å²) in [5.41, 5.74) is 0.906. The van der Waals surface area contributed by atoms with Crippen LogP contribution in [0.5, 0.6) is 5.75 Å². The Balaban J connectivity index is 1.84. The van der Waals surface area contributed by atoms with E-state index in [4.69, 9.17) is 4.74 Å². The third-order valence-electron chi connectivity index (χ3n) is 3.81. The Morgan fingerprint density at radius 1 is 1.36 bits per heavy atom. The summed E-state index contributed by atoms with van der Waals surface area (Å²) in [6.45, 7) is 4.43. The molecule has 1 aromatic carbocycles. The summed E-state index contributed by atoms with van der Waals surface area (Å²) < 4.78 is 5.56. The molecule has 2 amide bonds. The molecule has 5 nitrogen and oxygen atoms in total. The first-order chi connectivity index (χ1) is 10.7. The fraction of sp³-hybridized carbons (Fsp3) is 0.471. The highest BCUT2D eigenvalue weighted by Gasteiger charge is 2.24. The van der Waals surface area contributed by atoms with Gasteiger partial charge in [-0.25, -0.2) is 4.79 Å². The monoisotopic (exact) mass is 304 g/mol. The molecule has 0 spiro atoms. The van der Waals surface area contributed by atoms with E-state index in [0.29, 0.717) is 13.2 Å². The third kappa shape index (κ3) is 4.77. The maximum atomic E-state index is 12.0. The molecular weight excluding hydrogens is 280 g/mol. The molecule has 0 saturated heterocycles. The zero-order valence-electron chi connectivity index (χ0n) is 12.8. The summed E-state index contributed by atoms with van der Waals surface area (Å²) >= 11 is 0. The number of carbonyl (C=O) groups excluding carboxylic acids is 1. The van der Waals surface area contributed by atoms with Crippen molar-refractivity contribution in [3.05, 3.63) is 42.5 Å². The van der Waals surface area contributed by atoms with Crippen LogP contribution in [0.15, 0.2) is 36.9 Å². The topological polar surface area (TPSA) is 70.6 Å². The SMILES string of the molecule is C=CCOc1ccccc1CNC(=O)NC1CCCCC1O. The number of nitrogens with one attached hydrogen (secondary N) is 2. The summed E-state index contributed by atoms with van der Waals surface area (Å²) in [4.78, 5) is 12.0. The molecule has 120 valence electrons. The molecular formula is C17H24N2O3. The lowest BCUT2D eigenvalue weighted by Crippen LogP contribution is -2.48. The summed E-state index contributed by atoms with van der Waals surface area (Å²) in [5, 5.41) is 15.5. The Hall–Kier alpha value is -2.01. The van der Waals surface area contributed by atoms with E-state index in [1.54, 1.807) is 6.08 Å². The van der Waals surface area contributed by atoms with Gasteiger partial charge in [0, 0.05) is 12.1 Å². The molecule has 22 heavy (non-hydrogen) atoms. The van der Waals surface area contributed by atoms with Crippen LogP contribution in [0.4, 0.5) is 4.79 Å². The molecule has 0 radical (unpaired) electrons. The average molecular weight is 304 g/mol. The van der Waals surface area contributed by atoms with E-state index >= 15 is 0 Å². The molecule has 0 heterocycles. The Bertz CT molecular complexity index is 504. The van der Waals surface area contributed by atoms with Crippen LogP contribution in [-0.4, -0.2) is 29.9 Å². The number of para-hydroxylation sites is 1. The van der Waals surface area contributed by atoms with Crippen LogP contribution in [0.3, 0.4) is 0 Å². The molecule has 0 aliphatic heterocycles. The van der Waals surface area contributed by atoms with Gasteiger partial charge in [0.15, 0.2) is 0 Å². The van der Waals surface area contributed by atoms with Gasteiger partial charge in [-0.3, -0.25) is 0 Å². The molecule has 2 rings (SSSR count). The van der Waals surface area contributed by atoms with Crippen molar-refractivity contribution in [1.29, 1.82) is 0 Å². The molecule has 1 aromatic rings. The molecule has 0 bridgehead atoms. The van der Waals surface area contributed by atoms with Gasteiger partial charge in [0.05, 0.1) is 12.1 Å². The number of benzene rings is 1. The number of amides is 2. The maximum Gasteiger partial charge on any atom is 0.315 e. The van der Waals surface area contributed by atoms with Gasteiger partial charge in [-0.2, -0.15) is 0 Å². The van der Waals surface area contributed by atoms with E-state index in [2.05, 4.69) is 17.2 Å². The number of urea groups is 1. The van der Waals surface area contributed by atoms with E-state index in [9.17, 15) is 9.90 Å². The number of carbonyl (C=O) groups is 1. The Kier molecular flexibility index (Phi) is 6.27. The van der Waals surface area contributed by atoms with E-state index in [1.807, 2.05) is 24.3 Å². The van der Waals surface area contributed by atoms with Gasteiger partial charge >= 0.3 is 6.03 Å². The van der Waals surface area contributed by atoms with Crippen molar-refractivity contribution < 1.29 is 14.6 Å². The standard InChI is InChI=1S/C17H24N2O3/c1-2-11-22-16-10-6-3-7-13(16)12-18-17(21)19-14-8-4-5-9-15(14)20/h2-3,6-7,10,14-15,20H,1,4-5,8-9,11-12H2,(H2,18,19,21). The zero-order chi connectivity index (χ0) is 15.8. The van der Waals surface area contributed by atoms with Crippen LogP contribution in [0, 0.1) is 0 Å². The number of ether oxygens (including phenoxy) is 1. The van der Waals surface area contributed by atoms with Crippen molar-refractivity contribution >= 4 is 6.03 Å². The minimum absolute atomic E-state index is 0.152. The summed E-state index contributed by atoms with van der Waals surface area (Å²) in [6.07, 6.45) is 4.88. The lowest BCUT2D eigenvalue weighted by Gasteiger charge is -2.28. The van der Waals surface area contributed by atoms with Crippen LogP contribution in [-0.2, 0) is 6.54 Å². The predicted octanol–water partition coefficient (Wildman–Crippen LogP) is 2.35. The minimum Gasteiger partial charge on any atom is -0.489 e. The second-order valence-electron chi connectivity index (χ2n) is 5.49. The molecule has 0 aromatic heterocycles. The molecule has 2 unspecified atom stereocenters. The molecule has 1 saturated carbocycles. The summed E-state index contributed by atoms with van der Waals surface area (Å²) in [5.74, 6) is 0.736. The first-order valence-corrected chi connectivity index (χ1v) is 7.74. The van der Waals surface area contributed by atoms with Gasteiger partial charge in [0.2, 0.25) is 0 Å². The van der Waals surface area contributed by atoms with Crippen molar-refractivity contribution in [3.8, 4) is 5.75 Å². The lowest BCUT2D eigenvalue weighted by molar-refractivity contribution is 0.0943. The van der Waals surface area contributed by atoms with Gasteiger partial charge in [0.1, 0.15) is 12.4 Å². The Labute approximate surface area is 131 Å². The van der Waals surface area contributed by atoms with E-state index in [0.717, 1.165) is 37.0 Å². The number of hydrogen-bond donors (Lipinski definition) is 3. The second kappa shape index (κ2) is 8.44. The van der Waals surface area contributed by atoms with Crippen molar-refractivity contribution in [2.75, 3.05) is 6.61 Å². The van der Waals surface area contributed by atoms with Crippen LogP contribution < -0.4 is 15.4 Å². The quantitative estimate of drug-likeness (QED) is 0.707. The van der Waals surface area contributed by atoms with Crippen LogP contribution >= 0.6 is 0 Å². The Morgan fingerprint density at radius 3 is 2.91 bits per heavy atom. The molecule has 1 aliphatic rings. The van der Waals surface area contributed by atoms with Crippen molar-refractivity contribution in [2.45, 2.75) is 44.4 Å². The average Bonchev–Trinajstić information content (AvgIpc) is 2.54. The van der Waals surface area contributed by atoms with Crippen LogP contribution in [0.25, 0.3) is 0 Å². The van der Waals surface area contributed by atoms with Crippen molar-refractivity contribution in [1.82, 2.24) is 10.6 Å². The number of aliphatic hydroxyl groups excluding tert-OH is 1. The van der Waals surface area contributed by atoms with Crippen molar-refractivity contribution in [3.63, 3.8) is 0 Å². The van der Waals surface area contributed by atoms with Gasteiger partial charge in [-0.05, 0) is 18.9 Å². The number of hydrogen-bond acceptors (Lipinski definition) is 3. The molecule has 1 aliphatic carbocycles. The van der Waals surface area contributed by atoms with E-state index in [-0.39, 0.29) is 12.1 Å². The maximum absolute atomic E-state index is 12.0. The first-order valence-electron chi connectivity index (χ1n) is 7.74. The predicted molar refractivity (Wildman–Crippen MR) is 85.8 cm³/mol. The largest absolute Gasteiger partial charge is 0.489 e. The number of rotatable bonds is 6. The van der Waals surface area contributed by atoms with Crippen LogP contribution in [0.1, 0.15) is 31.2 Å². The smallest absolute Gasteiger partial charge is 0.315 e. The van der Waals surface area contributed by atoms with Gasteiger partial charge in [-0.1, -0.05) is 43.7 Å². The number of aliphatic hydroxyl groups is 1.